The van der Waals surface area contributed by atoms with Gasteiger partial charge in [-0.05, 0) is 25.0 Å². The van der Waals surface area contributed by atoms with Crippen molar-refractivity contribution in [1.29, 1.82) is 0 Å². The zero-order valence-electron chi connectivity index (χ0n) is 12.6. The van der Waals surface area contributed by atoms with Gasteiger partial charge in [-0.2, -0.15) is 0 Å². The average molecular weight is 320 g/mol. The molecule has 22 heavy (non-hydrogen) atoms. The molecule has 3 rings (SSSR count). The molecule has 1 aromatic carbocycles. The van der Waals surface area contributed by atoms with E-state index in [2.05, 4.69) is 4.98 Å². The van der Waals surface area contributed by atoms with Crippen LogP contribution in [0.2, 0.25) is 0 Å². The highest BCUT2D eigenvalue weighted by Gasteiger charge is 2.27. The highest BCUT2D eigenvalue weighted by Crippen LogP contribution is 2.27. The first-order valence-electron chi connectivity index (χ1n) is 7.54. The number of nitrogens with zero attached hydrogens (tertiary/aromatic N) is 2. The second-order valence-corrected chi connectivity index (χ2v) is 6.70. The maximum atomic E-state index is 12.2. The molecule has 0 bridgehead atoms. The van der Waals surface area contributed by atoms with E-state index in [0.717, 1.165) is 30.4 Å². The van der Waals surface area contributed by atoms with E-state index in [1.807, 2.05) is 24.3 Å². The quantitative estimate of drug-likeness (QED) is 0.858. The van der Waals surface area contributed by atoms with Crippen molar-refractivity contribution < 1.29 is 14.3 Å². The van der Waals surface area contributed by atoms with Crippen LogP contribution >= 0.6 is 11.8 Å². The van der Waals surface area contributed by atoms with Crippen LogP contribution in [0.5, 0.6) is 0 Å². The van der Waals surface area contributed by atoms with Gasteiger partial charge in [0.2, 0.25) is 5.91 Å². The van der Waals surface area contributed by atoms with E-state index < -0.39 is 0 Å². The summed E-state index contributed by atoms with van der Waals surface area (Å²) in [6.45, 7) is 0.619. The standard InChI is InChI=1S/C16H20N2O3S/c1-18(9-11-5-4-7-13(11)19)15(20)10-22-16-17-12-6-2-3-8-14(12)21-16/h2-3,6,8,11,13,19H,4-5,7,9-10H2,1H3. The fraction of sp³-hybridized carbons (Fsp3) is 0.500. The largest absolute Gasteiger partial charge is 0.431 e. The monoisotopic (exact) mass is 320 g/mol. The summed E-state index contributed by atoms with van der Waals surface area (Å²) in [5.74, 6) is 0.543. The molecule has 0 spiro atoms. The number of aliphatic hydroxyl groups excluding tert-OH is 1. The molecule has 1 aliphatic rings. The average Bonchev–Trinajstić information content (AvgIpc) is 3.10. The lowest BCUT2D eigenvalue weighted by Crippen LogP contribution is -2.35. The molecule has 2 aromatic rings. The van der Waals surface area contributed by atoms with Crippen LogP contribution < -0.4 is 0 Å². The van der Waals surface area contributed by atoms with Gasteiger partial charge in [0.15, 0.2) is 5.58 Å². The Labute approximate surface area is 133 Å². The number of carbonyl (C=O) groups excluding carboxylic acids is 1. The number of fused-ring (bicyclic) bond motifs is 1. The van der Waals surface area contributed by atoms with Crippen molar-refractivity contribution in [2.45, 2.75) is 30.6 Å². The number of thioether (sulfide) groups is 1. The molecule has 1 heterocycles. The molecule has 5 nitrogen and oxygen atoms in total. The molecule has 0 saturated heterocycles. The van der Waals surface area contributed by atoms with Crippen LogP contribution in [0.1, 0.15) is 19.3 Å². The zero-order valence-corrected chi connectivity index (χ0v) is 13.4. The predicted molar refractivity (Wildman–Crippen MR) is 85.7 cm³/mol. The normalized spacial score (nSPS) is 21.4. The molecule has 0 aliphatic heterocycles. The van der Waals surface area contributed by atoms with Crippen LogP contribution in [0.4, 0.5) is 0 Å². The number of hydrogen-bond donors (Lipinski definition) is 1. The minimum absolute atomic E-state index is 0.0337. The molecule has 2 unspecified atom stereocenters. The van der Waals surface area contributed by atoms with Crippen LogP contribution in [0, 0.1) is 5.92 Å². The fourth-order valence-corrected chi connectivity index (χ4v) is 3.61. The minimum atomic E-state index is -0.264. The van der Waals surface area contributed by atoms with Gasteiger partial charge in [-0.1, -0.05) is 30.3 Å². The van der Waals surface area contributed by atoms with Gasteiger partial charge in [-0.15, -0.1) is 0 Å². The van der Waals surface area contributed by atoms with Crippen molar-refractivity contribution >= 4 is 28.8 Å². The van der Waals surface area contributed by atoms with E-state index in [4.69, 9.17) is 4.42 Å². The second-order valence-electron chi connectivity index (χ2n) is 5.77. The van der Waals surface area contributed by atoms with Crippen LogP contribution in [0.3, 0.4) is 0 Å². The van der Waals surface area contributed by atoms with E-state index in [9.17, 15) is 9.90 Å². The summed E-state index contributed by atoms with van der Waals surface area (Å²) < 4.78 is 5.59. The summed E-state index contributed by atoms with van der Waals surface area (Å²) in [5, 5.41) is 10.4. The molecule has 2 atom stereocenters. The first kappa shape index (κ1) is 15.4. The van der Waals surface area contributed by atoms with Crippen molar-refractivity contribution in [2.24, 2.45) is 5.92 Å². The molecule has 6 heteroatoms. The number of aliphatic hydroxyl groups is 1. The molecule has 118 valence electrons. The number of hydrogen-bond acceptors (Lipinski definition) is 5. The minimum Gasteiger partial charge on any atom is -0.431 e. The Morgan fingerprint density at radius 3 is 3.00 bits per heavy atom. The third kappa shape index (κ3) is 3.44. The highest BCUT2D eigenvalue weighted by molar-refractivity contribution is 7.99. The van der Waals surface area contributed by atoms with Crippen LogP contribution in [-0.4, -0.2) is 46.3 Å². The lowest BCUT2D eigenvalue weighted by Gasteiger charge is -2.23. The van der Waals surface area contributed by atoms with Gasteiger partial charge >= 0.3 is 0 Å². The Hall–Kier alpha value is -1.53. The van der Waals surface area contributed by atoms with Gasteiger partial charge in [0.1, 0.15) is 5.52 Å². The Bertz CT molecular complexity index is 625. The first-order chi connectivity index (χ1) is 10.6. The molecule has 1 N–H and O–H groups in total. The molecule has 1 amide bonds. The number of oxazole rings is 1. The summed E-state index contributed by atoms with van der Waals surface area (Å²) >= 11 is 1.31. The molecule has 0 radical (unpaired) electrons. The van der Waals surface area contributed by atoms with E-state index in [1.54, 1.807) is 11.9 Å². The molecular weight excluding hydrogens is 300 g/mol. The lowest BCUT2D eigenvalue weighted by molar-refractivity contribution is -0.128. The van der Waals surface area contributed by atoms with Gasteiger partial charge in [-0.3, -0.25) is 4.79 Å². The van der Waals surface area contributed by atoms with Gasteiger partial charge in [0.05, 0.1) is 11.9 Å². The second kappa shape index (κ2) is 6.71. The maximum absolute atomic E-state index is 12.2. The number of para-hydroxylation sites is 2. The van der Waals surface area contributed by atoms with Crippen LogP contribution in [-0.2, 0) is 4.79 Å². The third-order valence-electron chi connectivity index (χ3n) is 4.15. The Balaban J connectivity index is 1.52. The van der Waals surface area contributed by atoms with Crippen molar-refractivity contribution in [3.63, 3.8) is 0 Å². The Kier molecular flexibility index (Phi) is 4.69. The van der Waals surface area contributed by atoms with Crippen molar-refractivity contribution in [3.05, 3.63) is 24.3 Å². The zero-order chi connectivity index (χ0) is 15.5. The van der Waals surface area contributed by atoms with Gasteiger partial charge < -0.3 is 14.4 Å². The van der Waals surface area contributed by atoms with Crippen molar-refractivity contribution in [3.8, 4) is 0 Å². The summed E-state index contributed by atoms with van der Waals surface area (Å²) in [7, 11) is 1.79. The van der Waals surface area contributed by atoms with E-state index >= 15 is 0 Å². The van der Waals surface area contributed by atoms with Crippen molar-refractivity contribution in [2.75, 3.05) is 19.3 Å². The molecule has 1 fully saturated rings. The summed E-state index contributed by atoms with van der Waals surface area (Å²) in [6.07, 6.45) is 2.63. The molecule has 1 aliphatic carbocycles. The number of rotatable bonds is 5. The predicted octanol–water partition coefficient (Wildman–Crippen LogP) is 2.54. The molecular formula is C16H20N2O3S. The maximum Gasteiger partial charge on any atom is 0.257 e. The smallest absolute Gasteiger partial charge is 0.257 e. The van der Waals surface area contributed by atoms with Gasteiger partial charge in [-0.25, -0.2) is 4.98 Å². The third-order valence-corrected chi connectivity index (χ3v) is 4.96. The summed E-state index contributed by atoms with van der Waals surface area (Å²) in [4.78, 5) is 18.2. The fourth-order valence-electron chi connectivity index (χ4n) is 2.83. The Morgan fingerprint density at radius 2 is 2.27 bits per heavy atom. The van der Waals surface area contributed by atoms with E-state index in [-0.39, 0.29) is 17.9 Å². The number of benzene rings is 1. The van der Waals surface area contributed by atoms with E-state index in [1.165, 1.54) is 11.8 Å². The SMILES string of the molecule is CN(CC1CCCC1O)C(=O)CSc1nc2ccccc2o1. The van der Waals surface area contributed by atoms with Crippen LogP contribution in [0.25, 0.3) is 11.1 Å². The summed E-state index contributed by atoms with van der Waals surface area (Å²) in [6, 6.07) is 7.55. The topological polar surface area (TPSA) is 66.6 Å². The number of aromatic nitrogens is 1. The summed E-state index contributed by atoms with van der Waals surface area (Å²) in [5.41, 5.74) is 1.54. The first-order valence-corrected chi connectivity index (χ1v) is 8.52. The Morgan fingerprint density at radius 1 is 1.45 bits per heavy atom. The molecule has 1 saturated carbocycles. The highest BCUT2D eigenvalue weighted by atomic mass is 32.2. The van der Waals surface area contributed by atoms with Crippen LogP contribution in [0.15, 0.2) is 33.9 Å². The number of amides is 1. The van der Waals surface area contributed by atoms with Crippen molar-refractivity contribution in [1.82, 2.24) is 9.88 Å². The molecule has 1 aromatic heterocycles. The van der Waals surface area contributed by atoms with E-state index in [0.29, 0.717) is 17.5 Å². The van der Waals surface area contributed by atoms with Gasteiger partial charge in [0.25, 0.3) is 5.22 Å². The number of carbonyl (C=O) groups is 1. The van der Waals surface area contributed by atoms with Gasteiger partial charge in [0, 0.05) is 19.5 Å². The lowest BCUT2D eigenvalue weighted by atomic mass is 10.1.